The Labute approximate surface area is 145 Å². The fraction of sp³-hybridized carbons (Fsp3) is 0.412. The van der Waals surface area contributed by atoms with Gasteiger partial charge in [-0.1, -0.05) is 11.6 Å². The quantitative estimate of drug-likeness (QED) is 0.821. The van der Waals surface area contributed by atoms with Gasteiger partial charge in [0.1, 0.15) is 22.9 Å². The molecule has 0 spiro atoms. The van der Waals surface area contributed by atoms with Gasteiger partial charge in [0.2, 0.25) is 0 Å². The highest BCUT2D eigenvalue weighted by Crippen LogP contribution is 2.31. The molecule has 1 saturated heterocycles. The van der Waals surface area contributed by atoms with Crippen molar-refractivity contribution in [2.75, 3.05) is 24.6 Å². The van der Waals surface area contributed by atoms with Crippen LogP contribution < -0.4 is 14.4 Å². The van der Waals surface area contributed by atoms with Crippen LogP contribution >= 0.6 is 11.6 Å². The van der Waals surface area contributed by atoms with E-state index < -0.39 is 0 Å². The molecule has 1 aliphatic rings. The Bertz CT molecular complexity index is 701. The second-order valence-electron chi connectivity index (χ2n) is 5.55. The summed E-state index contributed by atoms with van der Waals surface area (Å²) in [4.78, 5) is 10.5. The van der Waals surface area contributed by atoms with Gasteiger partial charge in [-0.25, -0.2) is 9.37 Å². The van der Waals surface area contributed by atoms with Crippen LogP contribution in [-0.2, 0) is 0 Å². The summed E-state index contributed by atoms with van der Waals surface area (Å²) >= 11 is 5.92. The minimum Gasteiger partial charge on any atom is -0.490 e. The van der Waals surface area contributed by atoms with Crippen molar-refractivity contribution in [2.45, 2.75) is 25.9 Å². The molecule has 2 aromatic rings. The molecule has 24 heavy (non-hydrogen) atoms. The zero-order valence-corrected chi connectivity index (χ0v) is 14.2. The first kappa shape index (κ1) is 16.8. The molecule has 1 aliphatic heterocycles. The van der Waals surface area contributed by atoms with Gasteiger partial charge in [-0.05, 0) is 31.9 Å². The van der Waals surface area contributed by atoms with Crippen molar-refractivity contribution in [1.29, 1.82) is 0 Å². The zero-order chi connectivity index (χ0) is 16.9. The lowest BCUT2D eigenvalue weighted by atomic mass is 10.1. The highest BCUT2D eigenvalue weighted by atomic mass is 35.5. The van der Waals surface area contributed by atoms with E-state index in [1.54, 1.807) is 12.3 Å². The van der Waals surface area contributed by atoms with Crippen LogP contribution in [0.4, 0.5) is 10.2 Å². The third kappa shape index (κ3) is 4.06. The molecule has 0 aliphatic carbocycles. The molecule has 1 atom stereocenters. The van der Waals surface area contributed by atoms with Gasteiger partial charge >= 0.3 is 0 Å². The number of anilines is 1. The van der Waals surface area contributed by atoms with E-state index in [0.717, 1.165) is 25.2 Å². The van der Waals surface area contributed by atoms with Gasteiger partial charge in [0.15, 0.2) is 11.5 Å². The Balaban J connectivity index is 1.72. The molecular weight excluding hydrogens is 333 g/mol. The molecule has 2 heterocycles. The maximum Gasteiger partial charge on any atom is 0.164 e. The van der Waals surface area contributed by atoms with E-state index in [-0.39, 0.29) is 11.9 Å². The second-order valence-corrected chi connectivity index (χ2v) is 5.94. The highest BCUT2D eigenvalue weighted by molar-refractivity contribution is 6.29. The van der Waals surface area contributed by atoms with E-state index in [1.165, 1.54) is 18.3 Å². The highest BCUT2D eigenvalue weighted by Gasteiger charge is 2.24. The molecule has 0 amide bonds. The lowest BCUT2D eigenvalue weighted by Gasteiger charge is -2.33. The fourth-order valence-corrected chi connectivity index (χ4v) is 2.90. The third-order valence-electron chi connectivity index (χ3n) is 3.79. The molecule has 7 heteroatoms. The standard InChI is InChI=1S/C17H19ClFN3O2/c1-2-23-15-8-12(19)5-6-14(15)24-13-4-3-7-22(11-13)17-10-20-9-16(18)21-17/h5-6,8-10,13H,2-4,7,11H2,1H3. The van der Waals surface area contributed by atoms with Gasteiger partial charge in [0.25, 0.3) is 0 Å². The van der Waals surface area contributed by atoms with Crippen LogP contribution in [0.25, 0.3) is 0 Å². The van der Waals surface area contributed by atoms with E-state index in [0.29, 0.717) is 29.8 Å². The predicted molar refractivity (Wildman–Crippen MR) is 90.5 cm³/mol. The smallest absolute Gasteiger partial charge is 0.164 e. The molecule has 3 rings (SSSR count). The summed E-state index contributed by atoms with van der Waals surface area (Å²) in [5, 5.41) is 0.368. The van der Waals surface area contributed by atoms with Crippen molar-refractivity contribution in [3.05, 3.63) is 41.6 Å². The van der Waals surface area contributed by atoms with Gasteiger partial charge in [-0.3, -0.25) is 4.98 Å². The first-order valence-corrected chi connectivity index (χ1v) is 8.35. The first-order chi connectivity index (χ1) is 11.7. The van der Waals surface area contributed by atoms with Crippen LogP contribution in [0.1, 0.15) is 19.8 Å². The normalized spacial score (nSPS) is 17.6. The molecular formula is C17H19ClFN3O2. The van der Waals surface area contributed by atoms with Gasteiger partial charge in [-0.15, -0.1) is 0 Å². The van der Waals surface area contributed by atoms with Gasteiger partial charge in [-0.2, -0.15) is 0 Å². The third-order valence-corrected chi connectivity index (χ3v) is 3.98. The lowest BCUT2D eigenvalue weighted by molar-refractivity contribution is 0.169. The van der Waals surface area contributed by atoms with E-state index in [1.807, 2.05) is 6.92 Å². The minimum absolute atomic E-state index is 0.0378. The van der Waals surface area contributed by atoms with E-state index >= 15 is 0 Å². The van der Waals surface area contributed by atoms with Crippen molar-refractivity contribution in [2.24, 2.45) is 0 Å². The van der Waals surface area contributed by atoms with Crippen LogP contribution in [0.3, 0.4) is 0 Å². The molecule has 0 radical (unpaired) electrons. The van der Waals surface area contributed by atoms with Crippen molar-refractivity contribution in [3.63, 3.8) is 0 Å². The van der Waals surface area contributed by atoms with Crippen molar-refractivity contribution in [3.8, 4) is 11.5 Å². The Kier molecular flexibility index (Phi) is 5.35. The molecule has 1 aromatic carbocycles. The number of rotatable bonds is 5. The van der Waals surface area contributed by atoms with Crippen LogP contribution in [0.5, 0.6) is 11.5 Å². The Morgan fingerprint density at radius 3 is 3.00 bits per heavy atom. The lowest BCUT2D eigenvalue weighted by Crippen LogP contribution is -2.41. The second kappa shape index (κ2) is 7.66. The van der Waals surface area contributed by atoms with Gasteiger partial charge in [0.05, 0.1) is 25.5 Å². The molecule has 0 N–H and O–H groups in total. The average molecular weight is 352 g/mol. The maximum atomic E-state index is 13.4. The van der Waals surface area contributed by atoms with Gasteiger partial charge in [0, 0.05) is 12.6 Å². The van der Waals surface area contributed by atoms with Crippen LogP contribution in [0, 0.1) is 5.82 Å². The SMILES string of the molecule is CCOc1cc(F)ccc1OC1CCCN(c2cncc(Cl)n2)C1. The number of aromatic nitrogens is 2. The summed E-state index contributed by atoms with van der Waals surface area (Å²) in [7, 11) is 0. The monoisotopic (exact) mass is 351 g/mol. The summed E-state index contributed by atoms with van der Waals surface area (Å²) < 4.78 is 24.9. The largest absolute Gasteiger partial charge is 0.490 e. The van der Waals surface area contributed by atoms with E-state index in [9.17, 15) is 4.39 Å². The van der Waals surface area contributed by atoms with Crippen LogP contribution in [0.15, 0.2) is 30.6 Å². The van der Waals surface area contributed by atoms with Crippen LogP contribution in [0.2, 0.25) is 5.15 Å². The summed E-state index contributed by atoms with van der Waals surface area (Å²) in [6, 6.07) is 4.33. The zero-order valence-electron chi connectivity index (χ0n) is 13.4. The van der Waals surface area contributed by atoms with Crippen molar-refractivity contribution < 1.29 is 13.9 Å². The number of benzene rings is 1. The molecule has 1 unspecified atom stereocenters. The average Bonchev–Trinajstić information content (AvgIpc) is 2.58. The Hall–Kier alpha value is -2.08. The molecule has 1 aromatic heterocycles. The summed E-state index contributed by atoms with van der Waals surface area (Å²) in [5.41, 5.74) is 0. The molecule has 5 nitrogen and oxygen atoms in total. The fourth-order valence-electron chi connectivity index (χ4n) is 2.75. The Morgan fingerprint density at radius 2 is 2.21 bits per heavy atom. The van der Waals surface area contributed by atoms with E-state index in [4.69, 9.17) is 21.1 Å². The summed E-state index contributed by atoms with van der Waals surface area (Å²) in [6.45, 7) is 3.85. The topological polar surface area (TPSA) is 47.5 Å². The molecule has 128 valence electrons. The number of hydrogen-bond acceptors (Lipinski definition) is 5. The molecule has 0 saturated carbocycles. The number of piperidine rings is 1. The van der Waals surface area contributed by atoms with Gasteiger partial charge < -0.3 is 14.4 Å². The van der Waals surface area contributed by atoms with Crippen LogP contribution in [-0.4, -0.2) is 35.8 Å². The number of halogens is 2. The number of hydrogen-bond donors (Lipinski definition) is 0. The Morgan fingerprint density at radius 1 is 1.33 bits per heavy atom. The molecule has 1 fully saturated rings. The summed E-state index contributed by atoms with van der Waals surface area (Å²) in [5.74, 6) is 1.38. The molecule has 0 bridgehead atoms. The maximum absolute atomic E-state index is 13.4. The minimum atomic E-state index is -0.342. The first-order valence-electron chi connectivity index (χ1n) is 7.97. The van der Waals surface area contributed by atoms with Crippen molar-refractivity contribution in [1.82, 2.24) is 9.97 Å². The number of nitrogens with zero attached hydrogens (tertiary/aromatic N) is 3. The van der Waals surface area contributed by atoms with Crippen molar-refractivity contribution >= 4 is 17.4 Å². The van der Waals surface area contributed by atoms with E-state index in [2.05, 4.69) is 14.9 Å². The number of ether oxygens (including phenoxy) is 2. The summed E-state index contributed by atoms with van der Waals surface area (Å²) in [6.07, 6.45) is 5.04. The predicted octanol–water partition coefficient (Wildman–Crippen LogP) is 3.72.